The number of carbonyl (C=O) groups is 2. The summed E-state index contributed by atoms with van der Waals surface area (Å²) in [5.74, 6) is 1.51. The van der Waals surface area contributed by atoms with E-state index >= 15 is 0 Å². The maximum Gasteiger partial charge on any atom is 0.333 e. The topological polar surface area (TPSA) is 130 Å². The van der Waals surface area contributed by atoms with Gasteiger partial charge in [0.2, 0.25) is 11.8 Å². The van der Waals surface area contributed by atoms with Crippen molar-refractivity contribution in [2.24, 2.45) is 0 Å². The number of esters is 2. The largest absolute Gasteiger partial charge is 0.456 e. The first-order valence-electron chi connectivity index (χ1n) is 12.7. The quantitative estimate of drug-likeness (QED) is 0.129. The highest BCUT2D eigenvalue weighted by molar-refractivity contribution is 5.87. The van der Waals surface area contributed by atoms with Gasteiger partial charge in [-0.25, -0.2) is 9.59 Å². The van der Waals surface area contributed by atoms with Crippen LogP contribution in [0.2, 0.25) is 0 Å². The van der Waals surface area contributed by atoms with E-state index < -0.39 is 0 Å². The van der Waals surface area contributed by atoms with Crippen LogP contribution in [0, 0.1) is 0 Å². The van der Waals surface area contributed by atoms with Crippen LogP contribution in [-0.2, 0) is 45.0 Å². The Bertz CT molecular complexity index is 1020. The number of nitrogens with zero attached hydrogens (tertiary/aromatic N) is 6. The SMILES string of the molecule is C=C(C)C(=O)OCC[N+](C)(C)Cc1nnc(CCCCc2nnc(C[N+](C)(C)CCOC(=O)C(=C)C)o2)o1. The normalized spacial score (nSPS) is 11.8. The van der Waals surface area contributed by atoms with E-state index in [0.29, 0.717) is 95.9 Å². The predicted octanol–water partition coefficient (Wildman–Crippen LogP) is 2.41. The van der Waals surface area contributed by atoms with Crippen molar-refractivity contribution in [1.29, 1.82) is 0 Å². The van der Waals surface area contributed by atoms with Crippen LogP contribution in [0.25, 0.3) is 0 Å². The summed E-state index contributed by atoms with van der Waals surface area (Å²) < 4.78 is 23.1. The van der Waals surface area contributed by atoms with Gasteiger partial charge in [0.05, 0.1) is 28.2 Å². The summed E-state index contributed by atoms with van der Waals surface area (Å²) in [7, 11) is 8.04. The molecule has 0 N–H and O–H groups in total. The Morgan fingerprint density at radius 3 is 1.37 bits per heavy atom. The smallest absolute Gasteiger partial charge is 0.333 e. The summed E-state index contributed by atoms with van der Waals surface area (Å²) in [6, 6.07) is 0. The molecule has 0 aliphatic carbocycles. The minimum absolute atomic E-state index is 0.290. The van der Waals surface area contributed by atoms with Gasteiger partial charge >= 0.3 is 11.9 Å². The molecule has 0 aliphatic rings. The van der Waals surface area contributed by atoms with Gasteiger partial charge < -0.3 is 27.3 Å². The molecule has 0 spiro atoms. The fourth-order valence-corrected chi connectivity index (χ4v) is 3.37. The van der Waals surface area contributed by atoms with Crippen molar-refractivity contribution in [1.82, 2.24) is 20.4 Å². The molecule has 0 saturated heterocycles. The lowest BCUT2D eigenvalue weighted by Crippen LogP contribution is -2.41. The van der Waals surface area contributed by atoms with E-state index in [1.807, 2.05) is 28.2 Å². The van der Waals surface area contributed by atoms with Gasteiger partial charge in [-0.2, -0.15) is 0 Å². The molecular weight excluding hydrogens is 492 g/mol. The monoisotopic (exact) mass is 534 g/mol. The van der Waals surface area contributed by atoms with Gasteiger partial charge in [-0.05, 0) is 26.7 Å². The third-order valence-corrected chi connectivity index (χ3v) is 5.73. The molecular formula is C26H42N6O6+2. The zero-order chi connectivity index (χ0) is 28.3. The van der Waals surface area contributed by atoms with Crippen LogP contribution in [-0.4, -0.2) is 95.8 Å². The fraction of sp³-hybridized carbons (Fsp3) is 0.615. The van der Waals surface area contributed by atoms with Crippen LogP contribution in [0.3, 0.4) is 0 Å². The molecule has 0 atom stereocenters. The first kappa shape index (κ1) is 30.8. The van der Waals surface area contributed by atoms with E-state index in [1.54, 1.807) is 13.8 Å². The van der Waals surface area contributed by atoms with Gasteiger partial charge in [0.1, 0.15) is 26.3 Å². The number of hydrogen-bond acceptors (Lipinski definition) is 10. The van der Waals surface area contributed by atoms with Crippen molar-refractivity contribution in [2.75, 3.05) is 54.5 Å². The summed E-state index contributed by atoms with van der Waals surface area (Å²) in [6.07, 6.45) is 2.99. The second-order valence-electron chi connectivity index (χ2n) is 10.9. The van der Waals surface area contributed by atoms with Gasteiger partial charge in [-0.1, -0.05) is 13.2 Å². The standard InChI is InChI=1S/C26H42N6O6/c1-19(2)25(33)35-15-13-31(5,6)17-23-29-27-21(37-23)11-9-10-12-22-28-30-24(38-22)18-32(7,8)14-16-36-26(34)20(3)4/h1,3,9-18H2,2,4-8H3/q+2. The number of carbonyl (C=O) groups excluding carboxylic acids is 2. The number of quaternary nitrogens is 2. The highest BCUT2D eigenvalue weighted by Crippen LogP contribution is 2.13. The number of ether oxygens (including phenoxy) is 2. The number of aryl methyl sites for hydroxylation is 2. The average molecular weight is 535 g/mol. The molecule has 0 unspecified atom stereocenters. The van der Waals surface area contributed by atoms with Crippen molar-refractivity contribution in [3.63, 3.8) is 0 Å². The summed E-state index contributed by atoms with van der Waals surface area (Å²) in [4.78, 5) is 23.1. The minimum Gasteiger partial charge on any atom is -0.456 e. The second kappa shape index (κ2) is 14.0. The van der Waals surface area contributed by atoms with Crippen LogP contribution < -0.4 is 0 Å². The van der Waals surface area contributed by atoms with E-state index in [2.05, 4.69) is 33.6 Å². The number of unbranched alkanes of at least 4 members (excludes halogenated alkanes) is 1. The van der Waals surface area contributed by atoms with E-state index in [0.717, 1.165) is 12.8 Å². The molecule has 0 fully saturated rings. The Morgan fingerprint density at radius 2 is 1.03 bits per heavy atom. The van der Waals surface area contributed by atoms with Gasteiger partial charge in [0.15, 0.2) is 13.1 Å². The second-order valence-corrected chi connectivity index (χ2v) is 10.9. The lowest BCUT2D eigenvalue weighted by molar-refractivity contribution is -0.905. The molecule has 2 aromatic rings. The molecule has 2 aromatic heterocycles. The molecule has 2 rings (SSSR count). The van der Waals surface area contributed by atoms with Crippen LogP contribution in [0.15, 0.2) is 33.1 Å². The number of likely N-dealkylation sites (N-methyl/N-ethyl adjacent to an activating group) is 2. The van der Waals surface area contributed by atoms with E-state index in [1.165, 1.54) is 0 Å². The van der Waals surface area contributed by atoms with Gasteiger partial charge in [0.25, 0.3) is 11.8 Å². The van der Waals surface area contributed by atoms with E-state index in [9.17, 15) is 9.59 Å². The van der Waals surface area contributed by atoms with Gasteiger partial charge in [-0.15, -0.1) is 20.4 Å². The van der Waals surface area contributed by atoms with E-state index in [-0.39, 0.29) is 11.9 Å². The summed E-state index contributed by atoms with van der Waals surface area (Å²) in [6.45, 7) is 13.3. The number of rotatable bonds is 17. The van der Waals surface area contributed by atoms with Crippen LogP contribution in [0.1, 0.15) is 50.3 Å². The maximum absolute atomic E-state index is 11.5. The van der Waals surface area contributed by atoms with Crippen molar-refractivity contribution in [2.45, 2.75) is 52.6 Å². The first-order chi connectivity index (χ1) is 17.8. The van der Waals surface area contributed by atoms with Crippen molar-refractivity contribution >= 4 is 11.9 Å². The predicted molar refractivity (Wildman–Crippen MR) is 138 cm³/mol. The third kappa shape index (κ3) is 11.3. The van der Waals surface area contributed by atoms with Crippen molar-refractivity contribution in [3.8, 4) is 0 Å². The molecule has 0 bridgehead atoms. The van der Waals surface area contributed by atoms with E-state index in [4.69, 9.17) is 18.3 Å². The zero-order valence-corrected chi connectivity index (χ0v) is 23.6. The Morgan fingerprint density at radius 1 is 0.684 bits per heavy atom. The molecule has 0 radical (unpaired) electrons. The molecule has 0 saturated carbocycles. The maximum atomic E-state index is 11.5. The molecule has 0 amide bonds. The molecule has 210 valence electrons. The molecule has 38 heavy (non-hydrogen) atoms. The number of hydrogen-bond donors (Lipinski definition) is 0. The molecule has 0 aliphatic heterocycles. The highest BCUT2D eigenvalue weighted by Gasteiger charge is 2.22. The zero-order valence-electron chi connectivity index (χ0n) is 23.6. The lowest BCUT2D eigenvalue weighted by Gasteiger charge is -2.27. The van der Waals surface area contributed by atoms with Crippen LogP contribution in [0.5, 0.6) is 0 Å². The fourth-order valence-electron chi connectivity index (χ4n) is 3.37. The minimum atomic E-state index is -0.386. The summed E-state index contributed by atoms with van der Waals surface area (Å²) >= 11 is 0. The van der Waals surface area contributed by atoms with Crippen LogP contribution in [0.4, 0.5) is 0 Å². The molecule has 12 nitrogen and oxygen atoms in total. The Kier molecular flexibility index (Phi) is 11.3. The average Bonchev–Trinajstić information content (AvgIpc) is 3.44. The lowest BCUT2D eigenvalue weighted by atomic mass is 10.2. The number of aromatic nitrogens is 4. The highest BCUT2D eigenvalue weighted by atomic mass is 16.5. The molecule has 0 aromatic carbocycles. The Balaban J connectivity index is 1.69. The van der Waals surface area contributed by atoms with Crippen molar-refractivity contribution in [3.05, 3.63) is 47.9 Å². The van der Waals surface area contributed by atoms with Crippen LogP contribution >= 0.6 is 0 Å². The first-order valence-corrected chi connectivity index (χ1v) is 12.7. The Hall–Kier alpha value is -3.38. The Labute approximate surface area is 224 Å². The van der Waals surface area contributed by atoms with Gasteiger partial charge in [-0.3, -0.25) is 0 Å². The molecule has 2 heterocycles. The van der Waals surface area contributed by atoms with Crippen molar-refractivity contribution < 1.29 is 36.9 Å². The summed E-state index contributed by atoms with van der Waals surface area (Å²) in [5.41, 5.74) is 0.769. The third-order valence-electron chi connectivity index (χ3n) is 5.73. The van der Waals surface area contributed by atoms with Gasteiger partial charge in [0, 0.05) is 24.0 Å². The summed E-state index contributed by atoms with van der Waals surface area (Å²) in [5, 5.41) is 16.6. The molecule has 12 heteroatoms.